The van der Waals surface area contributed by atoms with E-state index in [1.54, 1.807) is 12.1 Å². The van der Waals surface area contributed by atoms with E-state index < -0.39 is 22.0 Å². The van der Waals surface area contributed by atoms with E-state index in [9.17, 15) is 13.2 Å². The Balaban J connectivity index is 1.94. The van der Waals surface area contributed by atoms with Gasteiger partial charge in [0.25, 0.3) is 0 Å². The number of sulfonamides is 1. The quantitative estimate of drug-likeness (QED) is 0.725. The number of aromatic nitrogens is 2. The molecule has 1 heterocycles. The minimum atomic E-state index is -3.90. The molecule has 0 bridgehead atoms. The van der Waals surface area contributed by atoms with Crippen molar-refractivity contribution in [3.63, 3.8) is 0 Å². The molecule has 130 valence electrons. The van der Waals surface area contributed by atoms with Gasteiger partial charge in [0.2, 0.25) is 10.0 Å². The molecule has 0 saturated heterocycles. The number of carboxylic acid groups (broad SMARTS) is 1. The van der Waals surface area contributed by atoms with Crippen LogP contribution >= 0.6 is 0 Å². The number of carboxylic acids is 1. The third kappa shape index (κ3) is 3.26. The molecule has 0 fully saturated rings. The van der Waals surface area contributed by atoms with E-state index in [0.29, 0.717) is 0 Å². The Morgan fingerprint density at radius 2 is 1.80 bits per heavy atom. The van der Waals surface area contributed by atoms with Crippen molar-refractivity contribution in [2.24, 2.45) is 7.05 Å². The molecule has 0 saturated carbocycles. The average Bonchev–Trinajstić information content (AvgIpc) is 2.92. The number of carbonyl (C=O) groups is 1. The van der Waals surface area contributed by atoms with Crippen molar-refractivity contribution in [3.05, 3.63) is 48.5 Å². The maximum absolute atomic E-state index is 12.2. The van der Waals surface area contributed by atoms with E-state index in [2.05, 4.69) is 9.71 Å². The molecule has 0 amide bonds. The molecule has 1 aromatic heterocycles. The van der Waals surface area contributed by atoms with Gasteiger partial charge in [0, 0.05) is 12.6 Å². The molecule has 0 aliphatic rings. The van der Waals surface area contributed by atoms with E-state index in [1.165, 1.54) is 19.1 Å². The minimum Gasteiger partial charge on any atom is -0.480 e. The third-order valence-corrected chi connectivity index (χ3v) is 5.47. The molecule has 0 radical (unpaired) electrons. The van der Waals surface area contributed by atoms with Gasteiger partial charge in [-0.05, 0) is 43.3 Å². The van der Waals surface area contributed by atoms with Crippen LogP contribution in [0.4, 0.5) is 0 Å². The van der Waals surface area contributed by atoms with Crippen LogP contribution in [0.5, 0.6) is 0 Å². The first kappa shape index (κ1) is 17.1. The molecule has 7 nitrogen and oxygen atoms in total. The molecule has 0 spiro atoms. The number of imidazole rings is 1. The number of aliphatic carboxylic acids is 1. The SMILES string of the molecule is C[C@@H](NS(=O)(=O)c1ccc(-c2nc3ccccc3n2C)cc1)C(=O)O. The van der Waals surface area contributed by atoms with Gasteiger partial charge in [0.1, 0.15) is 11.9 Å². The maximum Gasteiger partial charge on any atom is 0.321 e. The number of fused-ring (bicyclic) bond motifs is 1. The van der Waals surface area contributed by atoms with Gasteiger partial charge in [-0.25, -0.2) is 13.4 Å². The number of aryl methyl sites for hydroxylation is 1. The Bertz CT molecular complexity index is 1040. The van der Waals surface area contributed by atoms with Crippen LogP contribution < -0.4 is 4.72 Å². The highest BCUT2D eigenvalue weighted by molar-refractivity contribution is 7.89. The van der Waals surface area contributed by atoms with Gasteiger partial charge in [-0.3, -0.25) is 4.79 Å². The van der Waals surface area contributed by atoms with Gasteiger partial charge in [0.15, 0.2) is 0 Å². The normalized spacial score (nSPS) is 13.0. The molecular formula is C17H17N3O4S. The molecule has 0 aliphatic heterocycles. The molecule has 2 aromatic carbocycles. The highest BCUT2D eigenvalue weighted by Gasteiger charge is 2.21. The summed E-state index contributed by atoms with van der Waals surface area (Å²) in [5.74, 6) is -0.517. The smallest absolute Gasteiger partial charge is 0.321 e. The zero-order chi connectivity index (χ0) is 18.2. The van der Waals surface area contributed by atoms with Gasteiger partial charge in [-0.15, -0.1) is 0 Å². The van der Waals surface area contributed by atoms with Crippen molar-refractivity contribution >= 4 is 27.0 Å². The van der Waals surface area contributed by atoms with Gasteiger partial charge < -0.3 is 9.67 Å². The summed E-state index contributed by atoms with van der Waals surface area (Å²) in [6.45, 7) is 1.27. The lowest BCUT2D eigenvalue weighted by Crippen LogP contribution is -2.38. The Kier molecular flexibility index (Phi) is 4.32. The zero-order valence-corrected chi connectivity index (χ0v) is 14.5. The fraction of sp³-hybridized carbons (Fsp3) is 0.176. The van der Waals surface area contributed by atoms with Crippen LogP contribution in [0.2, 0.25) is 0 Å². The predicted octanol–water partition coefficient (Wildman–Crippen LogP) is 1.99. The van der Waals surface area contributed by atoms with Crippen molar-refractivity contribution in [3.8, 4) is 11.4 Å². The molecule has 3 aromatic rings. The number of hydrogen-bond acceptors (Lipinski definition) is 4. The van der Waals surface area contributed by atoms with Crippen LogP contribution in [0.1, 0.15) is 6.92 Å². The standard InChI is InChI=1S/C17H17N3O4S/c1-11(17(21)22)19-25(23,24)13-9-7-12(8-10-13)16-18-14-5-3-4-6-15(14)20(16)2/h3-11,19H,1-2H3,(H,21,22)/t11-/m1/s1. The first-order valence-corrected chi connectivity index (χ1v) is 9.05. The summed E-state index contributed by atoms with van der Waals surface area (Å²) in [6, 6.07) is 12.7. The lowest BCUT2D eigenvalue weighted by Gasteiger charge is -2.10. The van der Waals surface area contributed by atoms with E-state index >= 15 is 0 Å². The van der Waals surface area contributed by atoms with Crippen LogP contribution in [0.15, 0.2) is 53.4 Å². The Labute approximate surface area is 145 Å². The highest BCUT2D eigenvalue weighted by Crippen LogP contribution is 2.24. The summed E-state index contributed by atoms with van der Waals surface area (Å²) < 4.78 is 28.5. The molecule has 0 unspecified atom stereocenters. The van der Waals surface area contributed by atoms with Gasteiger partial charge in [0.05, 0.1) is 15.9 Å². The molecule has 1 atom stereocenters. The number of rotatable bonds is 5. The van der Waals surface area contributed by atoms with Gasteiger partial charge in [-0.1, -0.05) is 12.1 Å². The van der Waals surface area contributed by atoms with E-state index in [-0.39, 0.29) is 4.90 Å². The summed E-state index contributed by atoms with van der Waals surface area (Å²) in [5.41, 5.74) is 2.60. The third-order valence-electron chi connectivity index (χ3n) is 3.91. The predicted molar refractivity (Wildman–Crippen MR) is 93.6 cm³/mol. The largest absolute Gasteiger partial charge is 0.480 e. The number of hydrogen-bond donors (Lipinski definition) is 2. The molecule has 3 rings (SSSR count). The minimum absolute atomic E-state index is 0.00288. The first-order chi connectivity index (χ1) is 11.8. The van der Waals surface area contributed by atoms with Crippen molar-refractivity contribution in [2.75, 3.05) is 0 Å². The van der Waals surface area contributed by atoms with Crippen LogP contribution in [-0.2, 0) is 21.9 Å². The maximum atomic E-state index is 12.2. The Hall–Kier alpha value is -2.71. The van der Waals surface area contributed by atoms with E-state index in [4.69, 9.17) is 5.11 Å². The fourth-order valence-corrected chi connectivity index (χ4v) is 3.73. The number of benzene rings is 2. The zero-order valence-electron chi connectivity index (χ0n) is 13.7. The first-order valence-electron chi connectivity index (χ1n) is 7.56. The lowest BCUT2D eigenvalue weighted by atomic mass is 10.2. The van der Waals surface area contributed by atoms with Crippen LogP contribution in [0, 0.1) is 0 Å². The molecule has 0 aliphatic carbocycles. The fourth-order valence-electron chi connectivity index (χ4n) is 2.54. The second-order valence-electron chi connectivity index (χ2n) is 5.69. The summed E-state index contributed by atoms with van der Waals surface area (Å²) in [5, 5.41) is 8.85. The molecular weight excluding hydrogens is 342 g/mol. The number of nitrogens with zero attached hydrogens (tertiary/aromatic N) is 2. The van der Waals surface area contributed by atoms with Crippen molar-refractivity contribution < 1.29 is 18.3 Å². The van der Waals surface area contributed by atoms with E-state index in [0.717, 1.165) is 22.4 Å². The van der Waals surface area contributed by atoms with Gasteiger partial charge in [-0.2, -0.15) is 4.72 Å². The second-order valence-corrected chi connectivity index (χ2v) is 7.40. The average molecular weight is 359 g/mol. The number of nitrogens with one attached hydrogen (secondary N) is 1. The topological polar surface area (TPSA) is 101 Å². The monoisotopic (exact) mass is 359 g/mol. The Morgan fingerprint density at radius 1 is 1.16 bits per heavy atom. The van der Waals surface area contributed by atoms with Crippen LogP contribution in [0.3, 0.4) is 0 Å². The highest BCUT2D eigenvalue weighted by atomic mass is 32.2. The van der Waals surface area contributed by atoms with Crippen LogP contribution in [0.25, 0.3) is 22.4 Å². The van der Waals surface area contributed by atoms with Gasteiger partial charge >= 0.3 is 5.97 Å². The Morgan fingerprint density at radius 3 is 2.40 bits per heavy atom. The summed E-state index contributed by atoms with van der Waals surface area (Å²) >= 11 is 0. The summed E-state index contributed by atoms with van der Waals surface area (Å²) in [6.07, 6.45) is 0. The van der Waals surface area contributed by atoms with E-state index in [1.807, 2.05) is 35.9 Å². The molecule has 25 heavy (non-hydrogen) atoms. The van der Waals surface area contributed by atoms with Crippen molar-refractivity contribution in [2.45, 2.75) is 17.9 Å². The second kappa shape index (κ2) is 6.30. The van der Waals surface area contributed by atoms with Crippen LogP contribution in [-0.4, -0.2) is 35.1 Å². The molecule has 2 N–H and O–H groups in total. The molecule has 8 heteroatoms. The lowest BCUT2D eigenvalue weighted by molar-refractivity contribution is -0.138. The van der Waals surface area contributed by atoms with Crippen molar-refractivity contribution in [1.29, 1.82) is 0 Å². The summed E-state index contributed by atoms with van der Waals surface area (Å²) in [4.78, 5) is 15.4. The van der Waals surface area contributed by atoms with Crippen molar-refractivity contribution in [1.82, 2.24) is 14.3 Å². The number of para-hydroxylation sites is 2. The summed E-state index contributed by atoms with van der Waals surface area (Å²) in [7, 11) is -2.00.